The summed E-state index contributed by atoms with van der Waals surface area (Å²) in [6.45, 7) is 0.752. The van der Waals surface area contributed by atoms with Gasteiger partial charge in [-0.1, -0.05) is 18.2 Å². The first-order valence-electron chi connectivity index (χ1n) is 9.76. The van der Waals surface area contributed by atoms with Crippen LogP contribution in [0.5, 0.6) is 11.5 Å². The van der Waals surface area contributed by atoms with Gasteiger partial charge in [-0.3, -0.25) is 9.78 Å². The summed E-state index contributed by atoms with van der Waals surface area (Å²) in [4.78, 5) is 22.2. The average Bonchev–Trinajstić information content (AvgIpc) is 3.47. The van der Waals surface area contributed by atoms with E-state index >= 15 is 0 Å². The van der Waals surface area contributed by atoms with Crippen molar-refractivity contribution in [3.63, 3.8) is 0 Å². The molecule has 2 aromatic carbocycles. The summed E-state index contributed by atoms with van der Waals surface area (Å²) in [6.07, 6.45) is 5.29. The van der Waals surface area contributed by atoms with E-state index in [1.54, 1.807) is 18.5 Å². The Balaban J connectivity index is 1.39. The topological polar surface area (TPSA) is 73.3 Å². The molecular formula is C23H19N3O3S. The maximum absolute atomic E-state index is 12.8. The molecule has 150 valence electrons. The van der Waals surface area contributed by atoms with Crippen LogP contribution in [-0.2, 0) is 4.74 Å². The second-order valence-corrected chi connectivity index (χ2v) is 8.03. The van der Waals surface area contributed by atoms with Crippen LogP contribution in [0.25, 0.3) is 10.9 Å². The summed E-state index contributed by atoms with van der Waals surface area (Å²) in [5.74, 6) is 1.23. The van der Waals surface area contributed by atoms with E-state index in [4.69, 9.17) is 9.47 Å². The molecule has 3 heterocycles. The van der Waals surface area contributed by atoms with Crippen molar-refractivity contribution in [3.05, 3.63) is 76.9 Å². The number of amides is 1. The number of nitrogens with zero attached hydrogens (tertiary/aromatic N) is 2. The molecule has 1 atom stereocenters. The first-order chi connectivity index (χ1) is 14.8. The minimum atomic E-state index is -0.196. The first kappa shape index (κ1) is 18.7. The third kappa shape index (κ3) is 3.90. The molecule has 1 N–H and O–H groups in total. The van der Waals surface area contributed by atoms with Crippen LogP contribution in [0.15, 0.2) is 67.0 Å². The number of benzene rings is 2. The maximum Gasteiger partial charge on any atom is 0.267 e. The molecule has 0 aliphatic carbocycles. The number of carbonyl (C=O) groups excluding carboxylic acids is 1. The van der Waals surface area contributed by atoms with Gasteiger partial charge in [-0.25, -0.2) is 4.98 Å². The SMILES string of the molecule is O=C(Nc1ccnc2ccc(Oc3ccccc3)cc12)c1cnc(C2CCCO2)s1. The Labute approximate surface area is 177 Å². The number of pyridine rings is 1. The molecule has 1 amide bonds. The number of carbonyl (C=O) groups is 1. The number of aromatic nitrogens is 2. The molecule has 0 radical (unpaired) electrons. The second-order valence-electron chi connectivity index (χ2n) is 6.97. The fraction of sp³-hybridized carbons (Fsp3) is 0.174. The lowest BCUT2D eigenvalue weighted by Crippen LogP contribution is -2.10. The standard InChI is InChI=1S/C23H19N3O3S/c27-22(21-14-25-23(30-21)20-7-4-12-28-20)26-19-10-11-24-18-9-8-16(13-17(18)19)29-15-5-2-1-3-6-15/h1-3,5-6,8-11,13-14,20H,4,7,12H2,(H,24,26,27). The summed E-state index contributed by atoms with van der Waals surface area (Å²) >= 11 is 1.38. The Kier molecular flexibility index (Phi) is 5.13. The van der Waals surface area contributed by atoms with Crippen LogP contribution in [0, 0.1) is 0 Å². The Bertz CT molecular complexity index is 1190. The first-order valence-corrected chi connectivity index (χ1v) is 10.6. The van der Waals surface area contributed by atoms with Gasteiger partial charge < -0.3 is 14.8 Å². The van der Waals surface area contributed by atoms with Crippen molar-refractivity contribution < 1.29 is 14.3 Å². The van der Waals surface area contributed by atoms with Crippen molar-refractivity contribution in [3.8, 4) is 11.5 Å². The van der Waals surface area contributed by atoms with Crippen molar-refractivity contribution in [1.82, 2.24) is 9.97 Å². The summed E-state index contributed by atoms with van der Waals surface area (Å²) in [7, 11) is 0. The molecule has 6 nitrogen and oxygen atoms in total. The van der Waals surface area contributed by atoms with E-state index in [2.05, 4.69) is 15.3 Å². The van der Waals surface area contributed by atoms with Crippen molar-refractivity contribution >= 4 is 33.8 Å². The lowest BCUT2D eigenvalue weighted by atomic mass is 10.1. The molecule has 4 aromatic rings. The quantitative estimate of drug-likeness (QED) is 0.458. The molecule has 30 heavy (non-hydrogen) atoms. The molecule has 0 spiro atoms. The normalized spacial score (nSPS) is 15.9. The number of hydrogen-bond acceptors (Lipinski definition) is 6. The zero-order valence-corrected chi connectivity index (χ0v) is 16.9. The van der Waals surface area contributed by atoms with E-state index in [9.17, 15) is 4.79 Å². The number of ether oxygens (including phenoxy) is 2. The van der Waals surface area contributed by atoms with Crippen molar-refractivity contribution in [2.45, 2.75) is 18.9 Å². The highest BCUT2D eigenvalue weighted by Crippen LogP contribution is 2.32. The highest BCUT2D eigenvalue weighted by Gasteiger charge is 2.22. The molecule has 1 fully saturated rings. The van der Waals surface area contributed by atoms with Gasteiger partial charge in [0.2, 0.25) is 0 Å². The Morgan fingerprint density at radius 3 is 2.83 bits per heavy atom. The van der Waals surface area contributed by atoms with Crippen LogP contribution in [0.3, 0.4) is 0 Å². The van der Waals surface area contributed by atoms with Crippen LogP contribution in [0.2, 0.25) is 0 Å². The molecule has 1 saturated heterocycles. The molecule has 2 aromatic heterocycles. The number of anilines is 1. The monoisotopic (exact) mass is 417 g/mol. The lowest BCUT2D eigenvalue weighted by molar-refractivity contribution is 0.103. The number of rotatable bonds is 5. The van der Waals surface area contributed by atoms with Gasteiger partial charge >= 0.3 is 0 Å². The lowest BCUT2D eigenvalue weighted by Gasteiger charge is -2.10. The number of thiazole rings is 1. The van der Waals surface area contributed by atoms with Gasteiger partial charge in [0.1, 0.15) is 27.5 Å². The number of nitrogens with one attached hydrogen (secondary N) is 1. The average molecular weight is 417 g/mol. The molecule has 1 unspecified atom stereocenters. The van der Waals surface area contributed by atoms with Crippen LogP contribution in [0.1, 0.15) is 33.6 Å². The number of fused-ring (bicyclic) bond motifs is 1. The van der Waals surface area contributed by atoms with E-state index in [0.29, 0.717) is 16.3 Å². The van der Waals surface area contributed by atoms with Gasteiger partial charge in [0.25, 0.3) is 5.91 Å². The Morgan fingerprint density at radius 1 is 1.10 bits per heavy atom. The van der Waals surface area contributed by atoms with E-state index < -0.39 is 0 Å². The van der Waals surface area contributed by atoms with Crippen molar-refractivity contribution in [1.29, 1.82) is 0 Å². The van der Waals surface area contributed by atoms with E-state index in [-0.39, 0.29) is 12.0 Å². The van der Waals surface area contributed by atoms with E-state index in [1.807, 2.05) is 48.5 Å². The van der Waals surface area contributed by atoms with Gasteiger partial charge in [0, 0.05) is 18.2 Å². The fourth-order valence-corrected chi connectivity index (χ4v) is 4.32. The van der Waals surface area contributed by atoms with Crippen molar-refractivity contribution in [2.75, 3.05) is 11.9 Å². The van der Waals surface area contributed by atoms with Gasteiger partial charge in [-0.15, -0.1) is 11.3 Å². The molecule has 5 rings (SSSR count). The number of para-hydroxylation sites is 1. The Morgan fingerprint density at radius 2 is 2.00 bits per heavy atom. The summed E-state index contributed by atoms with van der Waals surface area (Å²) < 4.78 is 11.6. The largest absolute Gasteiger partial charge is 0.457 e. The molecule has 0 bridgehead atoms. The third-order valence-electron chi connectivity index (χ3n) is 4.89. The highest BCUT2D eigenvalue weighted by molar-refractivity contribution is 7.13. The smallest absolute Gasteiger partial charge is 0.267 e. The second kappa shape index (κ2) is 8.22. The van der Waals surface area contributed by atoms with Gasteiger partial charge in [-0.2, -0.15) is 0 Å². The number of hydrogen-bond donors (Lipinski definition) is 1. The third-order valence-corrected chi connectivity index (χ3v) is 5.98. The summed E-state index contributed by atoms with van der Waals surface area (Å²) in [5.41, 5.74) is 1.45. The predicted molar refractivity (Wildman–Crippen MR) is 116 cm³/mol. The zero-order valence-electron chi connectivity index (χ0n) is 16.1. The van der Waals surface area contributed by atoms with E-state index in [1.165, 1.54) is 11.3 Å². The summed E-state index contributed by atoms with van der Waals surface area (Å²) in [5, 5.41) is 4.66. The van der Waals surface area contributed by atoms with Crippen LogP contribution in [-0.4, -0.2) is 22.5 Å². The molecule has 0 saturated carbocycles. The molecule has 1 aliphatic heterocycles. The van der Waals surface area contributed by atoms with Crippen LogP contribution >= 0.6 is 11.3 Å². The molecule has 1 aliphatic rings. The van der Waals surface area contributed by atoms with E-state index in [0.717, 1.165) is 41.1 Å². The van der Waals surface area contributed by atoms with Crippen LogP contribution < -0.4 is 10.1 Å². The molecule has 7 heteroatoms. The van der Waals surface area contributed by atoms with Crippen molar-refractivity contribution in [2.24, 2.45) is 0 Å². The van der Waals surface area contributed by atoms with Gasteiger partial charge in [0.15, 0.2) is 0 Å². The Hall–Kier alpha value is -3.29. The minimum Gasteiger partial charge on any atom is -0.457 e. The fourth-order valence-electron chi connectivity index (χ4n) is 3.42. The summed E-state index contributed by atoms with van der Waals surface area (Å²) in [6, 6.07) is 17.0. The predicted octanol–water partition coefficient (Wildman–Crippen LogP) is 5.59. The highest BCUT2D eigenvalue weighted by atomic mass is 32.1. The molecular weight excluding hydrogens is 398 g/mol. The van der Waals surface area contributed by atoms with Gasteiger partial charge in [-0.05, 0) is 49.2 Å². The zero-order chi connectivity index (χ0) is 20.3. The van der Waals surface area contributed by atoms with Crippen LogP contribution in [0.4, 0.5) is 5.69 Å². The maximum atomic E-state index is 12.8. The minimum absolute atomic E-state index is 0.0102. The van der Waals surface area contributed by atoms with Gasteiger partial charge in [0.05, 0.1) is 17.4 Å².